The van der Waals surface area contributed by atoms with Gasteiger partial charge in [-0.1, -0.05) is 47.5 Å². The lowest BCUT2D eigenvalue weighted by molar-refractivity contribution is 0.0529. The van der Waals surface area contributed by atoms with Gasteiger partial charge in [-0.05, 0) is 42.6 Å². The van der Waals surface area contributed by atoms with Crippen molar-refractivity contribution in [1.82, 2.24) is 4.40 Å². The molecule has 0 saturated carbocycles. The van der Waals surface area contributed by atoms with Crippen LogP contribution in [-0.2, 0) is 4.74 Å². The molecule has 28 heavy (non-hydrogen) atoms. The maximum atomic E-state index is 13.2. The lowest BCUT2D eigenvalue weighted by Gasteiger charge is -2.07. The van der Waals surface area contributed by atoms with E-state index in [1.807, 2.05) is 30.3 Å². The summed E-state index contributed by atoms with van der Waals surface area (Å²) >= 11 is 12.2. The van der Waals surface area contributed by atoms with Crippen LogP contribution in [0.4, 0.5) is 0 Å². The lowest BCUT2D eigenvalue weighted by Crippen LogP contribution is -2.05. The molecule has 4 aromatic rings. The Morgan fingerprint density at radius 3 is 2.54 bits per heavy atom. The summed E-state index contributed by atoms with van der Waals surface area (Å²) in [6.07, 6.45) is 1.78. The predicted octanol–water partition coefficient (Wildman–Crippen LogP) is 5.81. The number of aromatic nitrogens is 1. The van der Waals surface area contributed by atoms with Crippen LogP contribution in [0, 0.1) is 0 Å². The van der Waals surface area contributed by atoms with Gasteiger partial charge in [-0.15, -0.1) is 0 Å². The molecule has 2 aromatic carbocycles. The highest BCUT2D eigenvalue weighted by atomic mass is 35.5. The highest BCUT2D eigenvalue weighted by Gasteiger charge is 2.24. The van der Waals surface area contributed by atoms with Crippen LogP contribution in [0.5, 0.6) is 0 Å². The van der Waals surface area contributed by atoms with Gasteiger partial charge in [0, 0.05) is 22.2 Å². The number of hydrogen-bond donors (Lipinski definition) is 0. The largest absolute Gasteiger partial charge is 0.462 e. The average Bonchev–Trinajstić information content (AvgIpc) is 3.08. The van der Waals surface area contributed by atoms with E-state index < -0.39 is 5.97 Å². The maximum Gasteiger partial charge on any atom is 0.340 e. The highest BCUT2D eigenvalue weighted by molar-refractivity contribution is 6.37. The topological polar surface area (TPSA) is 47.8 Å². The third-order valence-corrected chi connectivity index (χ3v) is 5.11. The van der Waals surface area contributed by atoms with E-state index >= 15 is 0 Å². The van der Waals surface area contributed by atoms with Crippen LogP contribution in [0.15, 0.2) is 60.8 Å². The molecule has 0 radical (unpaired) electrons. The Morgan fingerprint density at radius 1 is 1.00 bits per heavy atom. The van der Waals surface area contributed by atoms with E-state index in [4.69, 9.17) is 27.9 Å². The number of rotatable bonds is 4. The second kappa shape index (κ2) is 7.30. The first kappa shape index (κ1) is 18.5. The molecular formula is C22H15Cl2NO3. The Bertz CT molecular complexity index is 1240. The van der Waals surface area contributed by atoms with E-state index in [9.17, 15) is 9.59 Å². The first-order valence-electron chi connectivity index (χ1n) is 8.71. The zero-order valence-electron chi connectivity index (χ0n) is 14.9. The lowest BCUT2D eigenvalue weighted by atomic mass is 10.1. The number of carbonyl (C=O) groups is 2. The number of carbonyl (C=O) groups excluding carboxylic acids is 2. The number of benzene rings is 2. The van der Waals surface area contributed by atoms with E-state index in [0.717, 1.165) is 10.8 Å². The normalized spacial score (nSPS) is 11.1. The average molecular weight is 412 g/mol. The summed E-state index contributed by atoms with van der Waals surface area (Å²) in [5.74, 6) is -0.778. The molecule has 4 rings (SSSR count). The molecule has 0 bridgehead atoms. The van der Waals surface area contributed by atoms with Crippen molar-refractivity contribution in [2.75, 3.05) is 6.61 Å². The van der Waals surface area contributed by atoms with Gasteiger partial charge in [-0.2, -0.15) is 0 Å². The molecule has 0 fully saturated rings. The SMILES string of the molecule is CCOC(=O)c1cc(C(=O)c2ccc(Cl)cc2Cl)n2ccc3ccccc3c12. The van der Waals surface area contributed by atoms with E-state index in [1.165, 1.54) is 6.07 Å². The number of fused-ring (bicyclic) bond motifs is 3. The molecule has 0 unspecified atom stereocenters. The fraction of sp³-hybridized carbons (Fsp3) is 0.0909. The molecule has 2 aromatic heterocycles. The Balaban J connectivity index is 2.00. The van der Waals surface area contributed by atoms with Crippen LogP contribution >= 0.6 is 23.2 Å². The number of ether oxygens (including phenoxy) is 1. The van der Waals surface area contributed by atoms with E-state index in [-0.39, 0.29) is 17.4 Å². The Morgan fingerprint density at radius 2 is 1.79 bits per heavy atom. The number of ketones is 1. The van der Waals surface area contributed by atoms with Crippen LogP contribution in [0.25, 0.3) is 16.3 Å². The van der Waals surface area contributed by atoms with Crippen LogP contribution in [-0.4, -0.2) is 22.8 Å². The van der Waals surface area contributed by atoms with Gasteiger partial charge in [-0.3, -0.25) is 4.79 Å². The van der Waals surface area contributed by atoms with Gasteiger partial charge in [0.05, 0.1) is 28.4 Å². The van der Waals surface area contributed by atoms with Gasteiger partial charge in [0.2, 0.25) is 5.78 Å². The van der Waals surface area contributed by atoms with Crippen molar-refractivity contribution in [3.63, 3.8) is 0 Å². The molecule has 140 valence electrons. The highest BCUT2D eigenvalue weighted by Crippen LogP contribution is 2.30. The third kappa shape index (κ3) is 3.05. The minimum Gasteiger partial charge on any atom is -0.462 e. The number of nitrogens with zero attached hydrogens (tertiary/aromatic N) is 1. The Kier molecular flexibility index (Phi) is 4.84. The Labute approximate surface area is 171 Å². The third-order valence-electron chi connectivity index (χ3n) is 4.56. The predicted molar refractivity (Wildman–Crippen MR) is 111 cm³/mol. The van der Waals surface area contributed by atoms with Crippen LogP contribution in [0.1, 0.15) is 33.3 Å². The van der Waals surface area contributed by atoms with Crippen molar-refractivity contribution in [2.45, 2.75) is 6.92 Å². The summed E-state index contributed by atoms with van der Waals surface area (Å²) in [6, 6.07) is 15.9. The molecule has 0 atom stereocenters. The number of esters is 1. The molecule has 2 heterocycles. The molecule has 0 aliphatic rings. The van der Waals surface area contributed by atoms with E-state index in [1.54, 1.807) is 35.7 Å². The molecule has 4 nitrogen and oxygen atoms in total. The van der Waals surface area contributed by atoms with Crippen molar-refractivity contribution >= 4 is 51.2 Å². The standard InChI is InChI=1S/C22H15Cl2NO3/c1-2-28-22(27)17-12-19(21(26)16-8-7-14(23)11-18(16)24)25-10-9-13-5-3-4-6-15(13)20(17)25/h3-12H,2H2,1H3. The van der Waals surface area contributed by atoms with Gasteiger partial charge in [-0.25, -0.2) is 4.79 Å². The van der Waals surface area contributed by atoms with Crippen molar-refractivity contribution in [3.8, 4) is 0 Å². The number of halogens is 2. The van der Waals surface area contributed by atoms with Crippen LogP contribution in [0.2, 0.25) is 10.0 Å². The maximum absolute atomic E-state index is 13.2. The Hall–Kier alpha value is -2.82. The molecule has 0 aliphatic heterocycles. The van der Waals surface area contributed by atoms with Gasteiger partial charge in [0.15, 0.2) is 0 Å². The second-order valence-electron chi connectivity index (χ2n) is 6.24. The number of pyridine rings is 1. The summed E-state index contributed by atoms with van der Waals surface area (Å²) in [5, 5.41) is 2.52. The van der Waals surface area contributed by atoms with E-state index in [0.29, 0.717) is 27.4 Å². The van der Waals surface area contributed by atoms with Crippen LogP contribution in [0.3, 0.4) is 0 Å². The first-order valence-corrected chi connectivity index (χ1v) is 9.46. The first-order chi connectivity index (χ1) is 13.5. The van der Waals surface area contributed by atoms with E-state index in [2.05, 4.69) is 0 Å². The van der Waals surface area contributed by atoms with Gasteiger partial charge in [0.25, 0.3) is 0 Å². The van der Waals surface area contributed by atoms with Crippen LogP contribution < -0.4 is 0 Å². The molecule has 0 saturated heterocycles. The van der Waals surface area contributed by atoms with Gasteiger partial charge < -0.3 is 9.14 Å². The minimum atomic E-state index is -0.474. The molecule has 6 heteroatoms. The second-order valence-corrected chi connectivity index (χ2v) is 7.08. The summed E-state index contributed by atoms with van der Waals surface area (Å²) in [7, 11) is 0. The molecular weight excluding hydrogens is 397 g/mol. The summed E-state index contributed by atoms with van der Waals surface area (Å²) < 4.78 is 6.93. The quantitative estimate of drug-likeness (QED) is 0.314. The van der Waals surface area contributed by atoms with Crippen molar-refractivity contribution < 1.29 is 14.3 Å². The van der Waals surface area contributed by atoms with Gasteiger partial charge >= 0.3 is 5.97 Å². The minimum absolute atomic E-state index is 0.243. The van der Waals surface area contributed by atoms with Gasteiger partial charge in [0.1, 0.15) is 0 Å². The fourth-order valence-electron chi connectivity index (χ4n) is 3.32. The monoisotopic (exact) mass is 411 g/mol. The van der Waals surface area contributed by atoms with Crippen molar-refractivity contribution in [2.24, 2.45) is 0 Å². The number of hydrogen-bond acceptors (Lipinski definition) is 3. The fourth-order valence-corrected chi connectivity index (χ4v) is 3.81. The summed E-state index contributed by atoms with van der Waals surface area (Å²) in [4.78, 5) is 25.8. The molecule has 0 aliphatic carbocycles. The molecule has 0 amide bonds. The molecule has 0 spiro atoms. The van der Waals surface area contributed by atoms with Crippen molar-refractivity contribution in [1.29, 1.82) is 0 Å². The zero-order chi connectivity index (χ0) is 19.8. The smallest absolute Gasteiger partial charge is 0.340 e. The summed E-state index contributed by atoms with van der Waals surface area (Å²) in [6.45, 7) is 1.99. The summed E-state index contributed by atoms with van der Waals surface area (Å²) in [5.41, 5.74) is 1.61. The van der Waals surface area contributed by atoms with Crippen molar-refractivity contribution in [3.05, 3.63) is 87.7 Å². The molecule has 0 N–H and O–H groups in total. The zero-order valence-corrected chi connectivity index (χ0v) is 16.4.